The van der Waals surface area contributed by atoms with Gasteiger partial charge < -0.3 is 9.78 Å². The van der Waals surface area contributed by atoms with Crippen LogP contribution in [0.5, 0.6) is 0 Å². The maximum Gasteiger partial charge on any atom is 0.251 e. The molecule has 1 rings (SSSR count). The highest BCUT2D eigenvalue weighted by Gasteiger charge is 1.99. The SMILES string of the molecule is CC(=O)CCc1ccc[nH]c1=O. The second kappa shape index (κ2) is 3.85. The molecule has 3 heteroatoms. The van der Waals surface area contributed by atoms with Gasteiger partial charge in [-0.25, -0.2) is 0 Å². The van der Waals surface area contributed by atoms with Gasteiger partial charge in [0.2, 0.25) is 0 Å². The zero-order valence-electron chi connectivity index (χ0n) is 6.96. The molecule has 0 bridgehead atoms. The van der Waals surface area contributed by atoms with Gasteiger partial charge in [-0.15, -0.1) is 0 Å². The molecule has 1 N–H and O–H groups in total. The molecule has 1 aromatic heterocycles. The zero-order chi connectivity index (χ0) is 8.97. The number of rotatable bonds is 3. The Labute approximate surface area is 70.4 Å². The van der Waals surface area contributed by atoms with E-state index < -0.39 is 0 Å². The number of Topliss-reactive ketones (excluding diaryl/α,β-unsaturated/α-hetero) is 1. The fourth-order valence-electron chi connectivity index (χ4n) is 0.964. The molecular formula is C9H11NO2. The van der Waals surface area contributed by atoms with Gasteiger partial charge in [0, 0.05) is 18.2 Å². The standard InChI is InChI=1S/C9H11NO2/c1-7(11)4-5-8-3-2-6-10-9(8)12/h2-3,6H,4-5H2,1H3,(H,10,12). The quantitative estimate of drug-likeness (QED) is 0.723. The van der Waals surface area contributed by atoms with E-state index in [-0.39, 0.29) is 11.3 Å². The van der Waals surface area contributed by atoms with Gasteiger partial charge in [0.25, 0.3) is 5.56 Å². The van der Waals surface area contributed by atoms with E-state index in [1.807, 2.05) is 0 Å². The highest BCUT2D eigenvalue weighted by molar-refractivity contribution is 5.75. The third-order valence-electron chi connectivity index (χ3n) is 1.65. The van der Waals surface area contributed by atoms with E-state index in [0.717, 1.165) is 0 Å². The largest absolute Gasteiger partial charge is 0.329 e. The predicted molar refractivity (Wildman–Crippen MR) is 46.1 cm³/mol. The molecule has 0 radical (unpaired) electrons. The van der Waals surface area contributed by atoms with Crippen molar-refractivity contribution in [3.05, 3.63) is 34.2 Å². The number of carbonyl (C=O) groups is 1. The highest BCUT2D eigenvalue weighted by atomic mass is 16.1. The first-order valence-electron chi connectivity index (χ1n) is 3.86. The van der Waals surface area contributed by atoms with Crippen molar-refractivity contribution >= 4 is 5.78 Å². The third-order valence-corrected chi connectivity index (χ3v) is 1.65. The van der Waals surface area contributed by atoms with E-state index >= 15 is 0 Å². The Balaban J connectivity index is 2.70. The number of hydrogen-bond donors (Lipinski definition) is 1. The van der Waals surface area contributed by atoms with E-state index in [0.29, 0.717) is 18.4 Å². The van der Waals surface area contributed by atoms with Crippen LogP contribution < -0.4 is 5.56 Å². The Bertz CT molecular complexity index is 327. The van der Waals surface area contributed by atoms with Crippen molar-refractivity contribution in [2.75, 3.05) is 0 Å². The molecule has 0 spiro atoms. The first-order valence-corrected chi connectivity index (χ1v) is 3.86. The molecule has 0 atom stereocenters. The van der Waals surface area contributed by atoms with Gasteiger partial charge in [0.1, 0.15) is 5.78 Å². The number of aromatic amines is 1. The first-order chi connectivity index (χ1) is 5.70. The van der Waals surface area contributed by atoms with E-state index in [1.54, 1.807) is 18.3 Å². The maximum absolute atomic E-state index is 11.1. The van der Waals surface area contributed by atoms with Crippen LogP contribution in [0.15, 0.2) is 23.1 Å². The summed E-state index contributed by atoms with van der Waals surface area (Å²) < 4.78 is 0. The molecule has 64 valence electrons. The van der Waals surface area contributed by atoms with Crippen molar-refractivity contribution in [1.82, 2.24) is 4.98 Å². The van der Waals surface area contributed by atoms with Gasteiger partial charge in [-0.3, -0.25) is 4.79 Å². The molecule has 0 aliphatic heterocycles. The molecule has 0 unspecified atom stereocenters. The Morgan fingerprint density at radius 2 is 2.33 bits per heavy atom. The second-order valence-electron chi connectivity index (χ2n) is 2.73. The number of ketones is 1. The third kappa shape index (κ3) is 2.34. The number of pyridine rings is 1. The van der Waals surface area contributed by atoms with Crippen LogP contribution in [-0.4, -0.2) is 10.8 Å². The number of H-pyrrole nitrogens is 1. The molecule has 1 aromatic rings. The average molecular weight is 165 g/mol. The molecule has 12 heavy (non-hydrogen) atoms. The van der Waals surface area contributed by atoms with Gasteiger partial charge in [-0.05, 0) is 19.4 Å². The van der Waals surface area contributed by atoms with Gasteiger partial charge in [0.15, 0.2) is 0 Å². The minimum Gasteiger partial charge on any atom is -0.329 e. The van der Waals surface area contributed by atoms with E-state index in [1.165, 1.54) is 6.92 Å². The number of carbonyl (C=O) groups excluding carboxylic acids is 1. The summed E-state index contributed by atoms with van der Waals surface area (Å²) in [6.45, 7) is 1.52. The fraction of sp³-hybridized carbons (Fsp3) is 0.333. The zero-order valence-corrected chi connectivity index (χ0v) is 6.96. The van der Waals surface area contributed by atoms with Crippen molar-refractivity contribution in [3.8, 4) is 0 Å². The second-order valence-corrected chi connectivity index (χ2v) is 2.73. The summed E-state index contributed by atoms with van der Waals surface area (Å²) in [5.74, 6) is 0.109. The lowest BCUT2D eigenvalue weighted by molar-refractivity contribution is -0.116. The molecule has 0 aliphatic rings. The molecular weight excluding hydrogens is 154 g/mol. The molecule has 0 aromatic carbocycles. The number of nitrogens with one attached hydrogen (secondary N) is 1. The molecule has 0 fully saturated rings. The Morgan fingerprint density at radius 1 is 1.58 bits per heavy atom. The van der Waals surface area contributed by atoms with Crippen molar-refractivity contribution < 1.29 is 4.79 Å². The van der Waals surface area contributed by atoms with Crippen LogP contribution in [0.25, 0.3) is 0 Å². The van der Waals surface area contributed by atoms with Gasteiger partial charge in [-0.1, -0.05) is 6.07 Å². The van der Waals surface area contributed by atoms with Crippen molar-refractivity contribution in [1.29, 1.82) is 0 Å². The molecule has 0 saturated heterocycles. The van der Waals surface area contributed by atoms with Crippen LogP contribution >= 0.6 is 0 Å². The smallest absolute Gasteiger partial charge is 0.251 e. The van der Waals surface area contributed by atoms with Crippen molar-refractivity contribution in [2.45, 2.75) is 19.8 Å². The van der Waals surface area contributed by atoms with Crippen LogP contribution in [0.3, 0.4) is 0 Å². The van der Waals surface area contributed by atoms with Gasteiger partial charge in [-0.2, -0.15) is 0 Å². The van der Waals surface area contributed by atoms with Crippen LogP contribution in [0.4, 0.5) is 0 Å². The Hall–Kier alpha value is -1.38. The average Bonchev–Trinajstić information content (AvgIpc) is 2.03. The normalized spacial score (nSPS) is 9.75. The summed E-state index contributed by atoms with van der Waals surface area (Å²) in [6, 6.07) is 3.50. The lowest BCUT2D eigenvalue weighted by Crippen LogP contribution is -2.11. The number of aromatic nitrogens is 1. The topological polar surface area (TPSA) is 49.9 Å². The molecule has 3 nitrogen and oxygen atoms in total. The number of aryl methyl sites for hydroxylation is 1. The van der Waals surface area contributed by atoms with Gasteiger partial charge >= 0.3 is 0 Å². The maximum atomic E-state index is 11.1. The minimum absolute atomic E-state index is 0.0984. The fourth-order valence-corrected chi connectivity index (χ4v) is 0.964. The van der Waals surface area contributed by atoms with Crippen LogP contribution in [0.1, 0.15) is 18.9 Å². The van der Waals surface area contributed by atoms with E-state index in [4.69, 9.17) is 0 Å². The Morgan fingerprint density at radius 3 is 2.92 bits per heavy atom. The summed E-state index contributed by atoms with van der Waals surface area (Å²) in [4.78, 5) is 24.2. The predicted octanol–water partition coefficient (Wildman–Crippen LogP) is 0.897. The molecule has 0 amide bonds. The van der Waals surface area contributed by atoms with E-state index in [9.17, 15) is 9.59 Å². The molecule has 1 heterocycles. The van der Waals surface area contributed by atoms with Gasteiger partial charge in [0.05, 0.1) is 0 Å². The lowest BCUT2D eigenvalue weighted by Gasteiger charge is -1.95. The van der Waals surface area contributed by atoms with Crippen molar-refractivity contribution in [2.24, 2.45) is 0 Å². The lowest BCUT2D eigenvalue weighted by atomic mass is 10.1. The van der Waals surface area contributed by atoms with Crippen LogP contribution in [0.2, 0.25) is 0 Å². The minimum atomic E-state index is -0.0984. The number of hydrogen-bond acceptors (Lipinski definition) is 2. The summed E-state index contributed by atoms with van der Waals surface area (Å²) in [6.07, 6.45) is 2.55. The van der Waals surface area contributed by atoms with E-state index in [2.05, 4.69) is 4.98 Å². The van der Waals surface area contributed by atoms with Crippen LogP contribution in [0, 0.1) is 0 Å². The summed E-state index contributed by atoms with van der Waals surface area (Å²) in [5, 5.41) is 0. The summed E-state index contributed by atoms with van der Waals surface area (Å²) in [7, 11) is 0. The summed E-state index contributed by atoms with van der Waals surface area (Å²) in [5.41, 5.74) is 0.575. The first kappa shape index (κ1) is 8.71. The monoisotopic (exact) mass is 165 g/mol. The summed E-state index contributed by atoms with van der Waals surface area (Å²) >= 11 is 0. The highest BCUT2D eigenvalue weighted by Crippen LogP contribution is 1.95. The molecule has 0 saturated carbocycles. The van der Waals surface area contributed by atoms with Crippen LogP contribution in [-0.2, 0) is 11.2 Å². The Kier molecular flexibility index (Phi) is 2.80. The van der Waals surface area contributed by atoms with Crippen molar-refractivity contribution in [3.63, 3.8) is 0 Å². The molecule has 0 aliphatic carbocycles.